The van der Waals surface area contributed by atoms with Crippen LogP contribution in [0.2, 0.25) is 0 Å². The molecule has 3 atom stereocenters. The molecule has 0 aromatic rings. The van der Waals surface area contributed by atoms with E-state index in [0.29, 0.717) is 23.9 Å². The summed E-state index contributed by atoms with van der Waals surface area (Å²) in [6.07, 6.45) is 55.9. The number of rotatable bonds is 53. The second kappa shape index (κ2) is 47.6. The molecule has 0 aliphatic heterocycles. The van der Waals surface area contributed by atoms with E-state index in [0.717, 1.165) is 38.5 Å². The number of hydrogen-bond donors (Lipinski definition) is 3. The normalized spacial score (nSPS) is 13.9. The monoisotopic (exact) mass is 930 g/mol. The van der Waals surface area contributed by atoms with Crippen molar-refractivity contribution in [3.8, 4) is 0 Å². The van der Waals surface area contributed by atoms with Crippen molar-refractivity contribution in [2.75, 3.05) is 40.9 Å². The van der Waals surface area contributed by atoms with Crippen molar-refractivity contribution in [1.82, 2.24) is 5.32 Å². The summed E-state index contributed by atoms with van der Waals surface area (Å²) < 4.78 is 23.8. The molecular weight excluding hydrogens is 816 g/mol. The number of unbranched alkanes of at least 4 members (excludes halogenated alkanes) is 40. The van der Waals surface area contributed by atoms with Crippen LogP contribution in [0, 0.1) is 0 Å². The number of likely N-dealkylation sites (N-methyl/N-ethyl adjacent to an activating group) is 1. The van der Waals surface area contributed by atoms with Crippen LogP contribution in [-0.2, 0) is 18.4 Å². The highest BCUT2D eigenvalue weighted by Gasteiger charge is 2.28. The van der Waals surface area contributed by atoms with Crippen molar-refractivity contribution >= 4 is 13.7 Å². The van der Waals surface area contributed by atoms with Crippen molar-refractivity contribution < 1.29 is 32.9 Å². The number of carbonyl (C=O) groups excluding carboxylic acids is 1. The predicted molar refractivity (Wildman–Crippen MR) is 277 cm³/mol. The van der Waals surface area contributed by atoms with Gasteiger partial charge in [0.1, 0.15) is 13.2 Å². The number of carbonyl (C=O) groups is 1. The SMILES string of the molecule is CCCCCCCCCCCCCCCCCCCCCCCCCCCCCC(=O)NC(COP(=O)(O)OCC[N+](C)(C)C)C(O)CCCCCCCCCCCCCCCCC. The van der Waals surface area contributed by atoms with Gasteiger partial charge in [-0.3, -0.25) is 13.8 Å². The van der Waals surface area contributed by atoms with E-state index in [2.05, 4.69) is 19.2 Å². The summed E-state index contributed by atoms with van der Waals surface area (Å²) in [7, 11) is 1.63. The van der Waals surface area contributed by atoms with Crippen LogP contribution in [0.25, 0.3) is 0 Å². The Labute approximate surface area is 399 Å². The number of nitrogens with one attached hydrogen (secondary N) is 1. The Bertz CT molecular complexity index is 1010. The van der Waals surface area contributed by atoms with Crippen LogP contribution in [0.3, 0.4) is 0 Å². The molecule has 0 radical (unpaired) electrons. The summed E-state index contributed by atoms with van der Waals surface area (Å²) in [5.74, 6) is -0.137. The molecule has 8 nitrogen and oxygen atoms in total. The van der Waals surface area contributed by atoms with E-state index in [4.69, 9.17) is 9.05 Å². The van der Waals surface area contributed by atoms with E-state index in [1.165, 1.54) is 231 Å². The zero-order valence-corrected chi connectivity index (χ0v) is 44.7. The molecule has 0 bridgehead atoms. The number of amides is 1. The average Bonchev–Trinajstić information content (AvgIpc) is 3.25. The molecule has 0 spiro atoms. The van der Waals surface area contributed by atoms with Crippen LogP contribution in [0.15, 0.2) is 0 Å². The van der Waals surface area contributed by atoms with E-state index in [9.17, 15) is 19.4 Å². The molecule has 3 unspecified atom stereocenters. The number of aliphatic hydroxyl groups excluding tert-OH is 1. The Kier molecular flexibility index (Phi) is 47.2. The third-order valence-corrected chi connectivity index (χ3v) is 14.3. The lowest BCUT2D eigenvalue weighted by molar-refractivity contribution is -0.870. The molecule has 64 heavy (non-hydrogen) atoms. The fourth-order valence-electron chi connectivity index (χ4n) is 8.87. The smallest absolute Gasteiger partial charge is 0.391 e. The quantitative estimate of drug-likeness (QED) is 0.0319. The van der Waals surface area contributed by atoms with Crippen molar-refractivity contribution in [1.29, 1.82) is 0 Å². The molecule has 0 rings (SSSR count). The summed E-state index contributed by atoms with van der Waals surface area (Å²) >= 11 is 0. The van der Waals surface area contributed by atoms with Crippen LogP contribution in [0.5, 0.6) is 0 Å². The van der Waals surface area contributed by atoms with Gasteiger partial charge in [0.15, 0.2) is 0 Å². The summed E-state index contributed by atoms with van der Waals surface area (Å²) in [5.41, 5.74) is 0. The molecule has 0 aliphatic rings. The van der Waals surface area contributed by atoms with E-state index in [-0.39, 0.29) is 19.1 Å². The van der Waals surface area contributed by atoms with Gasteiger partial charge in [-0.05, 0) is 12.8 Å². The van der Waals surface area contributed by atoms with Crippen LogP contribution < -0.4 is 5.32 Å². The summed E-state index contributed by atoms with van der Waals surface area (Å²) in [5, 5.41) is 14.0. The van der Waals surface area contributed by atoms with E-state index >= 15 is 0 Å². The second-order valence-corrected chi connectivity index (χ2v) is 22.5. The van der Waals surface area contributed by atoms with Crippen LogP contribution in [0.4, 0.5) is 0 Å². The Morgan fingerprint density at radius 2 is 0.750 bits per heavy atom. The predicted octanol–water partition coefficient (Wildman–Crippen LogP) is 16.9. The lowest BCUT2D eigenvalue weighted by atomic mass is 10.0. The van der Waals surface area contributed by atoms with Gasteiger partial charge in [-0.15, -0.1) is 0 Å². The molecule has 0 saturated carbocycles. The van der Waals surface area contributed by atoms with Gasteiger partial charge in [0, 0.05) is 6.42 Å². The number of phosphoric acid groups is 1. The third kappa shape index (κ3) is 49.4. The van der Waals surface area contributed by atoms with Gasteiger partial charge in [-0.2, -0.15) is 0 Å². The number of phosphoric ester groups is 1. The Balaban J connectivity index is 4.06. The minimum Gasteiger partial charge on any atom is -0.391 e. The largest absolute Gasteiger partial charge is 0.472 e. The zero-order chi connectivity index (χ0) is 47.1. The highest BCUT2D eigenvalue weighted by molar-refractivity contribution is 7.47. The molecule has 0 aliphatic carbocycles. The fourth-order valence-corrected chi connectivity index (χ4v) is 9.61. The molecular formula is C55H114N2O6P+. The number of nitrogens with zero attached hydrogens (tertiary/aromatic N) is 1. The molecule has 384 valence electrons. The maximum atomic E-state index is 13.0. The summed E-state index contributed by atoms with van der Waals surface area (Å²) in [6.45, 7) is 4.94. The summed E-state index contributed by atoms with van der Waals surface area (Å²) in [6, 6.07) is -0.754. The topological polar surface area (TPSA) is 105 Å². The maximum Gasteiger partial charge on any atom is 0.472 e. The minimum absolute atomic E-state index is 0.0790. The highest BCUT2D eigenvalue weighted by atomic mass is 31.2. The van der Waals surface area contributed by atoms with Crippen molar-refractivity contribution in [2.45, 2.75) is 309 Å². The molecule has 0 fully saturated rings. The van der Waals surface area contributed by atoms with E-state index in [1.54, 1.807) is 0 Å². The Morgan fingerprint density at radius 3 is 1.05 bits per heavy atom. The van der Waals surface area contributed by atoms with E-state index < -0.39 is 20.0 Å². The standard InChI is InChI=1S/C55H113N2O6P/c1-6-8-10-12-14-16-18-20-22-23-24-25-26-27-28-29-30-31-32-33-35-37-39-41-43-45-47-49-55(59)56-53(52-63-64(60,61)62-51-50-57(3,4)5)54(58)48-46-44-42-40-38-36-34-21-19-17-15-13-11-9-7-2/h53-54,58H,6-52H2,1-5H3,(H-,56,59,60,61)/p+1. The van der Waals surface area contributed by atoms with Crippen LogP contribution in [0.1, 0.15) is 296 Å². The van der Waals surface area contributed by atoms with Crippen molar-refractivity contribution in [3.05, 3.63) is 0 Å². The number of quaternary nitrogens is 1. The van der Waals surface area contributed by atoms with Gasteiger partial charge in [-0.25, -0.2) is 4.57 Å². The maximum absolute atomic E-state index is 13.0. The number of hydrogen-bond acceptors (Lipinski definition) is 5. The second-order valence-electron chi connectivity index (χ2n) is 21.0. The molecule has 9 heteroatoms. The first kappa shape index (κ1) is 63.5. The Hall–Kier alpha value is -0.500. The molecule has 0 aromatic carbocycles. The first-order chi connectivity index (χ1) is 31.0. The first-order valence-electron chi connectivity index (χ1n) is 28.4. The fraction of sp³-hybridized carbons (Fsp3) is 0.982. The van der Waals surface area contributed by atoms with Crippen molar-refractivity contribution in [2.24, 2.45) is 0 Å². The molecule has 0 aromatic heterocycles. The third-order valence-electron chi connectivity index (χ3n) is 13.4. The highest BCUT2D eigenvalue weighted by Crippen LogP contribution is 2.43. The summed E-state index contributed by atoms with van der Waals surface area (Å²) in [4.78, 5) is 23.3. The molecule has 1 amide bonds. The number of aliphatic hydroxyl groups is 1. The minimum atomic E-state index is -4.31. The van der Waals surface area contributed by atoms with Gasteiger partial charge >= 0.3 is 7.82 Å². The lowest BCUT2D eigenvalue weighted by Crippen LogP contribution is -2.46. The first-order valence-corrected chi connectivity index (χ1v) is 29.9. The average molecular weight is 930 g/mol. The van der Waals surface area contributed by atoms with Gasteiger partial charge in [0.2, 0.25) is 5.91 Å². The lowest BCUT2D eigenvalue weighted by Gasteiger charge is -2.26. The van der Waals surface area contributed by atoms with Crippen molar-refractivity contribution in [3.63, 3.8) is 0 Å². The zero-order valence-electron chi connectivity index (χ0n) is 43.8. The molecule has 0 saturated heterocycles. The van der Waals surface area contributed by atoms with Crippen LogP contribution in [-0.4, -0.2) is 73.4 Å². The van der Waals surface area contributed by atoms with Gasteiger partial charge in [-0.1, -0.05) is 277 Å². The molecule has 3 N–H and O–H groups in total. The Morgan fingerprint density at radius 1 is 0.469 bits per heavy atom. The van der Waals surface area contributed by atoms with Gasteiger partial charge < -0.3 is 19.8 Å². The molecule has 0 heterocycles. The van der Waals surface area contributed by atoms with Gasteiger partial charge in [0.25, 0.3) is 0 Å². The van der Waals surface area contributed by atoms with Crippen LogP contribution >= 0.6 is 7.82 Å². The van der Waals surface area contributed by atoms with Gasteiger partial charge in [0.05, 0.1) is 39.9 Å². The van der Waals surface area contributed by atoms with E-state index in [1.807, 2.05) is 21.1 Å².